The molecule has 0 aliphatic carbocycles. The van der Waals surface area contributed by atoms with Crippen LogP contribution < -0.4 is 0 Å². The molecule has 0 aromatic rings. The number of rotatable bonds is 3. The molecule has 9 nitrogen and oxygen atoms in total. The van der Waals surface area contributed by atoms with E-state index in [0.29, 0.717) is 0 Å². The summed E-state index contributed by atoms with van der Waals surface area (Å²) in [5.74, 6) is -2.05. The summed E-state index contributed by atoms with van der Waals surface area (Å²) in [6.45, 7) is 3.99. The summed E-state index contributed by atoms with van der Waals surface area (Å²) < 4.78 is 31.3. The molecule has 22 heavy (non-hydrogen) atoms. The highest BCUT2D eigenvalue weighted by molar-refractivity contribution is 5.77. The van der Waals surface area contributed by atoms with Gasteiger partial charge < -0.3 is 28.4 Å². The van der Waals surface area contributed by atoms with Gasteiger partial charge in [0.1, 0.15) is 0 Å². The van der Waals surface area contributed by atoms with Crippen LogP contribution in [0.15, 0.2) is 0 Å². The summed E-state index contributed by atoms with van der Waals surface area (Å²) in [6, 6.07) is 0. The molecule has 124 valence electrons. The second kappa shape index (κ2) is 6.59. The van der Waals surface area contributed by atoms with Crippen molar-refractivity contribution >= 4 is 17.9 Å². The van der Waals surface area contributed by atoms with E-state index >= 15 is 0 Å². The SMILES string of the molecule is COC(=O)[C@H]1O[C@@H]2OC(C)O[C@@H]2[C@@H](OC(C)=O)[C@@H]1OC(C)=O. The van der Waals surface area contributed by atoms with Crippen LogP contribution >= 0.6 is 0 Å². The van der Waals surface area contributed by atoms with Gasteiger partial charge in [0.05, 0.1) is 7.11 Å². The van der Waals surface area contributed by atoms with Crippen molar-refractivity contribution in [3.8, 4) is 0 Å². The molecule has 9 heteroatoms. The maximum absolute atomic E-state index is 11.9. The topological polar surface area (TPSA) is 107 Å². The van der Waals surface area contributed by atoms with E-state index in [1.54, 1.807) is 6.92 Å². The lowest BCUT2D eigenvalue weighted by atomic mass is 9.98. The van der Waals surface area contributed by atoms with Gasteiger partial charge in [-0.25, -0.2) is 4.79 Å². The van der Waals surface area contributed by atoms with Gasteiger partial charge >= 0.3 is 17.9 Å². The van der Waals surface area contributed by atoms with Crippen molar-refractivity contribution in [3.05, 3.63) is 0 Å². The van der Waals surface area contributed by atoms with Gasteiger partial charge in [-0.2, -0.15) is 0 Å². The Morgan fingerprint density at radius 1 is 0.909 bits per heavy atom. The zero-order valence-electron chi connectivity index (χ0n) is 12.6. The lowest BCUT2D eigenvalue weighted by Gasteiger charge is -2.39. The monoisotopic (exact) mass is 318 g/mol. The Labute approximate surface area is 126 Å². The smallest absolute Gasteiger partial charge is 0.339 e. The number of hydrogen-bond acceptors (Lipinski definition) is 9. The summed E-state index contributed by atoms with van der Waals surface area (Å²) in [7, 11) is 1.16. The van der Waals surface area contributed by atoms with E-state index in [2.05, 4.69) is 4.74 Å². The highest BCUT2D eigenvalue weighted by Gasteiger charge is 2.57. The van der Waals surface area contributed by atoms with Crippen LogP contribution in [-0.2, 0) is 42.8 Å². The molecule has 0 aromatic heterocycles. The molecular weight excluding hydrogens is 300 g/mol. The van der Waals surface area contributed by atoms with E-state index in [1.807, 2.05) is 0 Å². The molecule has 2 fully saturated rings. The van der Waals surface area contributed by atoms with Crippen LogP contribution in [-0.4, -0.2) is 62.0 Å². The van der Waals surface area contributed by atoms with Gasteiger partial charge in [-0.15, -0.1) is 0 Å². The fourth-order valence-electron chi connectivity index (χ4n) is 2.46. The van der Waals surface area contributed by atoms with Crippen molar-refractivity contribution < 1.29 is 42.8 Å². The van der Waals surface area contributed by atoms with Crippen LogP contribution in [0.2, 0.25) is 0 Å². The Hall–Kier alpha value is -1.71. The molecule has 2 aliphatic heterocycles. The number of methoxy groups -OCH3 is 1. The van der Waals surface area contributed by atoms with Crippen LogP contribution in [0.4, 0.5) is 0 Å². The van der Waals surface area contributed by atoms with E-state index in [0.717, 1.165) is 7.11 Å². The average molecular weight is 318 g/mol. The first-order valence-corrected chi connectivity index (χ1v) is 6.72. The second-order valence-corrected chi connectivity index (χ2v) is 4.90. The Bertz CT molecular complexity index is 462. The largest absolute Gasteiger partial charge is 0.467 e. The van der Waals surface area contributed by atoms with Crippen LogP contribution in [0.3, 0.4) is 0 Å². The first-order valence-electron chi connectivity index (χ1n) is 6.72. The number of fused-ring (bicyclic) bond motifs is 1. The van der Waals surface area contributed by atoms with Gasteiger partial charge in [0.2, 0.25) is 0 Å². The summed E-state index contributed by atoms with van der Waals surface area (Å²) >= 11 is 0. The molecule has 0 amide bonds. The molecule has 6 atom stereocenters. The van der Waals surface area contributed by atoms with Crippen LogP contribution in [0, 0.1) is 0 Å². The quantitative estimate of drug-likeness (QED) is 0.503. The minimum absolute atomic E-state index is 0.616. The molecule has 0 aromatic carbocycles. The minimum atomic E-state index is -1.28. The maximum atomic E-state index is 11.9. The Morgan fingerprint density at radius 3 is 2.05 bits per heavy atom. The molecule has 0 bridgehead atoms. The molecule has 2 rings (SSSR count). The predicted octanol–water partition coefficient (Wildman–Crippen LogP) is -0.491. The van der Waals surface area contributed by atoms with Crippen molar-refractivity contribution in [2.75, 3.05) is 7.11 Å². The average Bonchev–Trinajstić information content (AvgIpc) is 2.79. The van der Waals surface area contributed by atoms with E-state index in [4.69, 9.17) is 23.7 Å². The molecule has 0 radical (unpaired) electrons. The van der Waals surface area contributed by atoms with Gasteiger partial charge in [0.25, 0.3) is 0 Å². The predicted molar refractivity (Wildman–Crippen MR) is 67.2 cm³/mol. The third-order valence-electron chi connectivity index (χ3n) is 3.21. The maximum Gasteiger partial charge on any atom is 0.339 e. The fraction of sp³-hybridized carbons (Fsp3) is 0.769. The van der Waals surface area contributed by atoms with Crippen LogP contribution in [0.5, 0.6) is 0 Å². The van der Waals surface area contributed by atoms with Crippen molar-refractivity contribution in [1.29, 1.82) is 0 Å². The molecule has 0 spiro atoms. The third-order valence-corrected chi connectivity index (χ3v) is 3.21. The van der Waals surface area contributed by atoms with Crippen molar-refractivity contribution in [1.82, 2.24) is 0 Å². The van der Waals surface area contributed by atoms with Gasteiger partial charge in [-0.3, -0.25) is 9.59 Å². The number of hydrogen-bond donors (Lipinski definition) is 0. The van der Waals surface area contributed by atoms with E-state index in [9.17, 15) is 14.4 Å². The molecular formula is C13H18O9. The number of carbonyl (C=O) groups is 3. The fourth-order valence-corrected chi connectivity index (χ4v) is 2.46. The first kappa shape index (κ1) is 16.7. The van der Waals surface area contributed by atoms with Gasteiger partial charge in [0.15, 0.2) is 37.0 Å². The lowest BCUT2D eigenvalue weighted by Crippen LogP contribution is -2.61. The zero-order chi connectivity index (χ0) is 16.4. The number of esters is 3. The van der Waals surface area contributed by atoms with E-state index in [1.165, 1.54) is 13.8 Å². The highest BCUT2D eigenvalue weighted by atomic mass is 16.8. The summed E-state index contributed by atoms with van der Waals surface area (Å²) in [4.78, 5) is 34.5. The minimum Gasteiger partial charge on any atom is -0.467 e. The molecule has 2 heterocycles. The Kier molecular flexibility index (Phi) is 4.99. The normalized spacial score (nSPS) is 37.1. The number of carbonyl (C=O) groups excluding carboxylic acids is 3. The summed E-state index contributed by atoms with van der Waals surface area (Å²) in [5.41, 5.74) is 0. The standard InChI is InChI=1S/C13H18O9/c1-5(14)18-8-9(19-6(2)15)11-13(21-7(3)20-11)22-10(8)12(16)17-4/h7-11,13H,1-4H3/t7?,8-,9-,10-,11+,13-/m0/s1. The molecule has 0 N–H and O–H groups in total. The summed E-state index contributed by atoms with van der Waals surface area (Å²) in [5, 5.41) is 0. The molecule has 0 saturated carbocycles. The van der Waals surface area contributed by atoms with Crippen LogP contribution in [0.1, 0.15) is 20.8 Å². The zero-order valence-corrected chi connectivity index (χ0v) is 12.6. The molecule has 1 unspecified atom stereocenters. The van der Waals surface area contributed by atoms with Crippen molar-refractivity contribution in [3.63, 3.8) is 0 Å². The first-order chi connectivity index (χ1) is 10.3. The van der Waals surface area contributed by atoms with Gasteiger partial charge in [0, 0.05) is 13.8 Å². The molecule has 2 aliphatic rings. The molecule has 2 saturated heterocycles. The van der Waals surface area contributed by atoms with Crippen molar-refractivity contribution in [2.45, 2.75) is 57.8 Å². The third kappa shape index (κ3) is 3.37. The van der Waals surface area contributed by atoms with Crippen LogP contribution in [0.25, 0.3) is 0 Å². The van der Waals surface area contributed by atoms with Gasteiger partial charge in [-0.1, -0.05) is 0 Å². The number of ether oxygens (including phenoxy) is 6. The highest BCUT2D eigenvalue weighted by Crippen LogP contribution is 2.34. The van der Waals surface area contributed by atoms with Crippen molar-refractivity contribution in [2.24, 2.45) is 0 Å². The van der Waals surface area contributed by atoms with E-state index in [-0.39, 0.29) is 0 Å². The lowest BCUT2D eigenvalue weighted by molar-refractivity contribution is -0.258. The Balaban J connectivity index is 2.32. The summed E-state index contributed by atoms with van der Waals surface area (Å²) in [6.07, 6.45) is -5.89. The van der Waals surface area contributed by atoms with E-state index < -0.39 is 54.9 Å². The second-order valence-electron chi connectivity index (χ2n) is 4.90. The van der Waals surface area contributed by atoms with Gasteiger partial charge in [-0.05, 0) is 6.92 Å². The Morgan fingerprint density at radius 2 is 1.50 bits per heavy atom.